The maximum atomic E-state index is 5.29. The third-order valence-corrected chi connectivity index (χ3v) is 3.47. The molecule has 0 spiro atoms. The maximum Gasteiger partial charge on any atom is 0.0608 e. The smallest absolute Gasteiger partial charge is 0.0608 e. The van der Waals surface area contributed by atoms with E-state index in [9.17, 15) is 0 Å². The lowest BCUT2D eigenvalue weighted by atomic mass is 10.4. The van der Waals surface area contributed by atoms with Crippen molar-refractivity contribution >= 4 is 11.8 Å². The topological polar surface area (TPSA) is 24.5 Å². The van der Waals surface area contributed by atoms with Crippen molar-refractivity contribution in [2.75, 3.05) is 38.6 Å². The average Bonchev–Trinajstić information content (AvgIpc) is 2.37. The molecule has 1 saturated heterocycles. The Labute approximate surface area is 101 Å². The van der Waals surface area contributed by atoms with Crippen molar-refractivity contribution in [2.24, 2.45) is 0 Å². The number of thioether (sulfide) groups is 1. The summed E-state index contributed by atoms with van der Waals surface area (Å²) in [5.41, 5.74) is 3.42. The summed E-state index contributed by atoms with van der Waals surface area (Å²) in [6, 6.07) is 10.5. The summed E-state index contributed by atoms with van der Waals surface area (Å²) in [6.07, 6.45) is 0. The molecule has 1 aromatic carbocycles. The molecule has 0 radical (unpaired) electrons. The van der Waals surface area contributed by atoms with Gasteiger partial charge >= 0.3 is 0 Å². The van der Waals surface area contributed by atoms with Gasteiger partial charge < -0.3 is 4.74 Å². The molecule has 88 valence electrons. The predicted octanol–water partition coefficient (Wildman–Crippen LogP) is 1.62. The second kappa shape index (κ2) is 6.91. The van der Waals surface area contributed by atoms with Crippen LogP contribution in [0.5, 0.6) is 0 Å². The van der Waals surface area contributed by atoms with Crippen molar-refractivity contribution in [1.29, 1.82) is 0 Å². The van der Waals surface area contributed by atoms with Crippen molar-refractivity contribution in [3.8, 4) is 0 Å². The number of hydrogen-bond acceptors (Lipinski definition) is 4. The first-order chi connectivity index (χ1) is 7.95. The van der Waals surface area contributed by atoms with Crippen molar-refractivity contribution in [3.63, 3.8) is 0 Å². The molecule has 0 amide bonds. The fraction of sp³-hybridized carbons (Fsp3) is 0.500. The number of nitrogens with zero attached hydrogens (tertiary/aromatic N) is 1. The van der Waals surface area contributed by atoms with Crippen LogP contribution in [-0.2, 0) is 4.74 Å². The minimum Gasteiger partial charge on any atom is -0.379 e. The van der Waals surface area contributed by atoms with Crippen LogP contribution in [0.25, 0.3) is 0 Å². The third kappa shape index (κ3) is 4.14. The Bertz CT molecular complexity index is 288. The fourth-order valence-corrected chi connectivity index (χ4v) is 2.39. The van der Waals surface area contributed by atoms with E-state index in [1.54, 1.807) is 0 Å². The molecule has 1 heterocycles. The van der Waals surface area contributed by atoms with Gasteiger partial charge in [0.15, 0.2) is 0 Å². The van der Waals surface area contributed by atoms with Crippen molar-refractivity contribution in [2.45, 2.75) is 4.90 Å². The lowest BCUT2D eigenvalue weighted by molar-refractivity contribution is 0.0134. The Hall–Kier alpha value is -0.550. The molecule has 1 aliphatic heterocycles. The molecule has 16 heavy (non-hydrogen) atoms. The normalized spacial score (nSPS) is 17.5. The quantitative estimate of drug-likeness (QED) is 0.622. The second-order valence-electron chi connectivity index (χ2n) is 3.67. The second-order valence-corrected chi connectivity index (χ2v) is 4.84. The first kappa shape index (κ1) is 11.9. The highest BCUT2D eigenvalue weighted by Gasteiger charge is 2.08. The molecule has 0 saturated carbocycles. The van der Waals surface area contributed by atoms with Crippen molar-refractivity contribution in [3.05, 3.63) is 30.3 Å². The minimum atomic E-state index is 0.846. The Morgan fingerprint density at radius 3 is 2.69 bits per heavy atom. The lowest BCUT2D eigenvalue weighted by Crippen LogP contribution is -2.46. The van der Waals surface area contributed by atoms with Gasteiger partial charge in [0.1, 0.15) is 0 Å². The molecule has 0 aromatic heterocycles. The zero-order valence-electron chi connectivity index (χ0n) is 9.39. The van der Waals surface area contributed by atoms with Crippen LogP contribution in [0.1, 0.15) is 0 Å². The van der Waals surface area contributed by atoms with E-state index in [1.807, 2.05) is 11.8 Å². The summed E-state index contributed by atoms with van der Waals surface area (Å²) >= 11 is 1.89. The molecule has 0 unspecified atom stereocenters. The van der Waals surface area contributed by atoms with E-state index in [4.69, 9.17) is 4.74 Å². The van der Waals surface area contributed by atoms with E-state index in [-0.39, 0.29) is 0 Å². The zero-order chi connectivity index (χ0) is 11.1. The summed E-state index contributed by atoms with van der Waals surface area (Å²) < 4.78 is 5.29. The number of benzene rings is 1. The third-order valence-electron chi connectivity index (χ3n) is 2.46. The standard InChI is InChI=1S/C12H18N2OS/c1-2-4-12(5-3-1)16-11-6-13-14-7-9-15-10-8-14/h1-5,13H,6-11H2. The first-order valence-electron chi connectivity index (χ1n) is 5.69. The van der Waals surface area contributed by atoms with Crippen LogP contribution < -0.4 is 5.43 Å². The van der Waals surface area contributed by atoms with Crippen LogP contribution in [0.4, 0.5) is 0 Å². The Balaban J connectivity index is 1.58. The number of morpholine rings is 1. The number of ether oxygens (including phenoxy) is 1. The molecule has 2 rings (SSSR count). The van der Waals surface area contributed by atoms with Crippen LogP contribution in [0, 0.1) is 0 Å². The molecule has 0 bridgehead atoms. The Morgan fingerprint density at radius 1 is 1.19 bits per heavy atom. The van der Waals surface area contributed by atoms with Gasteiger partial charge in [-0.3, -0.25) is 5.43 Å². The highest BCUT2D eigenvalue weighted by atomic mass is 32.2. The minimum absolute atomic E-state index is 0.846. The van der Waals surface area contributed by atoms with E-state index in [2.05, 4.69) is 40.8 Å². The molecular weight excluding hydrogens is 220 g/mol. The maximum absolute atomic E-state index is 5.29. The number of hydrogen-bond donors (Lipinski definition) is 1. The van der Waals surface area contributed by atoms with Gasteiger partial charge in [-0.15, -0.1) is 11.8 Å². The van der Waals surface area contributed by atoms with Crippen molar-refractivity contribution < 1.29 is 4.74 Å². The van der Waals surface area contributed by atoms with Crippen LogP contribution in [0.2, 0.25) is 0 Å². The molecule has 1 aliphatic rings. The van der Waals surface area contributed by atoms with Gasteiger partial charge in [0.2, 0.25) is 0 Å². The van der Waals surface area contributed by atoms with Crippen LogP contribution >= 0.6 is 11.8 Å². The molecule has 4 heteroatoms. The molecule has 0 atom stereocenters. The van der Waals surface area contributed by atoms with Gasteiger partial charge in [0.05, 0.1) is 13.2 Å². The van der Waals surface area contributed by atoms with Gasteiger partial charge in [-0.1, -0.05) is 18.2 Å². The fourth-order valence-electron chi connectivity index (χ4n) is 1.61. The number of rotatable bonds is 5. The summed E-state index contributed by atoms with van der Waals surface area (Å²) in [6.45, 7) is 4.70. The monoisotopic (exact) mass is 238 g/mol. The van der Waals surface area contributed by atoms with E-state index in [0.717, 1.165) is 38.6 Å². The van der Waals surface area contributed by atoms with Crippen LogP contribution in [0.3, 0.4) is 0 Å². The highest BCUT2D eigenvalue weighted by molar-refractivity contribution is 7.99. The van der Waals surface area contributed by atoms with Crippen molar-refractivity contribution in [1.82, 2.24) is 10.4 Å². The average molecular weight is 238 g/mol. The van der Waals surface area contributed by atoms with Gasteiger partial charge in [0, 0.05) is 30.3 Å². The predicted molar refractivity (Wildman–Crippen MR) is 67.6 cm³/mol. The van der Waals surface area contributed by atoms with Crippen LogP contribution in [0.15, 0.2) is 35.2 Å². The van der Waals surface area contributed by atoms with Gasteiger partial charge in [-0.05, 0) is 12.1 Å². The number of hydrazine groups is 1. The van der Waals surface area contributed by atoms with Crippen LogP contribution in [-0.4, -0.2) is 43.6 Å². The van der Waals surface area contributed by atoms with E-state index < -0.39 is 0 Å². The summed E-state index contributed by atoms with van der Waals surface area (Å²) in [4.78, 5) is 1.34. The Kier molecular flexibility index (Phi) is 5.15. The molecule has 1 fully saturated rings. The summed E-state index contributed by atoms with van der Waals surface area (Å²) in [5.74, 6) is 1.10. The SMILES string of the molecule is c1ccc(SCCNN2CCOCC2)cc1. The molecule has 3 nitrogen and oxygen atoms in total. The lowest BCUT2D eigenvalue weighted by Gasteiger charge is -2.27. The summed E-state index contributed by atoms with van der Waals surface area (Å²) in [5, 5.41) is 2.25. The number of nitrogens with one attached hydrogen (secondary N) is 1. The van der Waals surface area contributed by atoms with Gasteiger partial charge in [-0.25, -0.2) is 5.01 Å². The largest absolute Gasteiger partial charge is 0.379 e. The summed E-state index contributed by atoms with van der Waals surface area (Å²) in [7, 11) is 0. The van der Waals surface area contributed by atoms with E-state index in [1.165, 1.54) is 4.90 Å². The zero-order valence-corrected chi connectivity index (χ0v) is 10.2. The molecule has 1 aromatic rings. The highest BCUT2D eigenvalue weighted by Crippen LogP contribution is 2.15. The molecular formula is C12H18N2OS. The van der Waals surface area contributed by atoms with Gasteiger partial charge in [-0.2, -0.15) is 0 Å². The molecule has 0 aliphatic carbocycles. The Morgan fingerprint density at radius 2 is 1.94 bits per heavy atom. The first-order valence-corrected chi connectivity index (χ1v) is 6.68. The van der Waals surface area contributed by atoms with E-state index in [0.29, 0.717) is 0 Å². The molecule has 1 N–H and O–H groups in total. The van der Waals surface area contributed by atoms with Gasteiger partial charge in [0.25, 0.3) is 0 Å². The van der Waals surface area contributed by atoms with E-state index >= 15 is 0 Å².